The number of ether oxygens (including phenoxy) is 1. The molecule has 164 valence electrons. The van der Waals surface area contributed by atoms with Crippen LogP contribution in [-0.2, 0) is 26.1 Å². The largest absolute Gasteiger partial charge is 0.465 e. The third-order valence-corrected chi connectivity index (χ3v) is 6.26. The smallest absolute Gasteiger partial charge is 0.328 e. The Balaban J connectivity index is 1.99. The van der Waals surface area contributed by atoms with Crippen LogP contribution < -0.4 is 4.72 Å². The van der Waals surface area contributed by atoms with Crippen LogP contribution in [0.25, 0.3) is 0 Å². The summed E-state index contributed by atoms with van der Waals surface area (Å²) in [6.07, 6.45) is 0. The van der Waals surface area contributed by atoms with Crippen molar-refractivity contribution in [2.75, 3.05) is 6.61 Å². The molecule has 0 aliphatic rings. The van der Waals surface area contributed by atoms with Gasteiger partial charge in [0, 0.05) is 11.3 Å². The fourth-order valence-electron chi connectivity index (χ4n) is 3.33. The van der Waals surface area contributed by atoms with Crippen LogP contribution >= 0.6 is 0 Å². The van der Waals surface area contributed by atoms with Crippen LogP contribution in [0, 0.1) is 19.7 Å². The van der Waals surface area contributed by atoms with E-state index in [9.17, 15) is 17.6 Å². The Kier molecular flexibility index (Phi) is 6.87. The van der Waals surface area contributed by atoms with Gasteiger partial charge in [-0.2, -0.15) is 9.82 Å². The summed E-state index contributed by atoms with van der Waals surface area (Å²) >= 11 is 0. The Morgan fingerprint density at radius 2 is 1.77 bits per heavy atom. The molecule has 0 fully saturated rings. The Morgan fingerprint density at radius 1 is 1.13 bits per heavy atom. The molecule has 0 aliphatic heterocycles. The molecule has 31 heavy (non-hydrogen) atoms. The van der Waals surface area contributed by atoms with Crippen molar-refractivity contribution in [3.05, 3.63) is 82.9 Å². The van der Waals surface area contributed by atoms with E-state index in [2.05, 4.69) is 9.82 Å². The maximum atomic E-state index is 13.2. The predicted molar refractivity (Wildman–Crippen MR) is 113 cm³/mol. The fourth-order valence-corrected chi connectivity index (χ4v) is 4.48. The second kappa shape index (κ2) is 9.40. The van der Waals surface area contributed by atoms with Gasteiger partial charge in [-0.15, -0.1) is 0 Å². The van der Waals surface area contributed by atoms with Crippen molar-refractivity contribution in [2.24, 2.45) is 0 Å². The maximum absolute atomic E-state index is 13.2. The molecule has 0 saturated heterocycles. The number of nitrogens with zero attached hydrogens (tertiary/aromatic N) is 2. The lowest BCUT2D eigenvalue weighted by molar-refractivity contribution is -0.145. The lowest BCUT2D eigenvalue weighted by Crippen LogP contribution is -2.35. The molecule has 1 heterocycles. The first kappa shape index (κ1) is 22.6. The van der Waals surface area contributed by atoms with Gasteiger partial charge in [-0.1, -0.05) is 30.3 Å². The molecule has 2 aromatic carbocycles. The number of aryl methyl sites for hydroxylation is 1. The van der Waals surface area contributed by atoms with Crippen molar-refractivity contribution in [3.63, 3.8) is 0 Å². The topological polar surface area (TPSA) is 90.3 Å². The zero-order chi connectivity index (χ0) is 22.6. The van der Waals surface area contributed by atoms with Crippen LogP contribution in [-0.4, -0.2) is 30.8 Å². The van der Waals surface area contributed by atoms with Gasteiger partial charge in [0.2, 0.25) is 10.0 Å². The number of carbonyl (C=O) groups is 1. The summed E-state index contributed by atoms with van der Waals surface area (Å²) in [5, 5.41) is 4.51. The number of aromatic nitrogens is 2. The number of rotatable bonds is 8. The third kappa shape index (κ3) is 5.18. The summed E-state index contributed by atoms with van der Waals surface area (Å²) in [7, 11) is -4.13. The van der Waals surface area contributed by atoms with Gasteiger partial charge in [-0.25, -0.2) is 17.6 Å². The number of hydrogen-bond donors (Lipinski definition) is 1. The highest BCUT2D eigenvalue weighted by atomic mass is 32.2. The molecule has 1 N–H and O–H groups in total. The van der Waals surface area contributed by atoms with Crippen molar-refractivity contribution in [1.82, 2.24) is 14.5 Å². The number of benzene rings is 2. The summed E-state index contributed by atoms with van der Waals surface area (Å²) in [5.74, 6) is -1.30. The summed E-state index contributed by atoms with van der Waals surface area (Å²) in [6, 6.07) is 12.7. The number of hydrogen-bond acceptors (Lipinski definition) is 5. The number of carbonyl (C=O) groups excluding carboxylic acids is 1. The monoisotopic (exact) mass is 445 g/mol. The minimum atomic E-state index is -4.13. The zero-order valence-electron chi connectivity index (χ0n) is 17.5. The quantitative estimate of drug-likeness (QED) is 0.538. The highest BCUT2D eigenvalue weighted by molar-refractivity contribution is 7.89. The van der Waals surface area contributed by atoms with Crippen LogP contribution in [0.5, 0.6) is 0 Å². The van der Waals surface area contributed by atoms with E-state index >= 15 is 0 Å². The van der Waals surface area contributed by atoms with Gasteiger partial charge >= 0.3 is 5.97 Å². The van der Waals surface area contributed by atoms with Gasteiger partial charge in [0.05, 0.1) is 23.7 Å². The zero-order valence-corrected chi connectivity index (χ0v) is 18.3. The van der Waals surface area contributed by atoms with Crippen LogP contribution in [0.3, 0.4) is 0 Å². The summed E-state index contributed by atoms with van der Waals surface area (Å²) in [6.45, 7) is 5.68. The molecule has 0 saturated carbocycles. The van der Waals surface area contributed by atoms with E-state index in [1.165, 1.54) is 0 Å². The fraction of sp³-hybridized carbons (Fsp3) is 0.273. The molecule has 0 bridgehead atoms. The van der Waals surface area contributed by atoms with E-state index in [1.807, 2.05) is 30.3 Å². The normalized spacial score (nSPS) is 12.5. The number of sulfonamides is 1. The predicted octanol–water partition coefficient (Wildman–Crippen LogP) is 3.27. The molecular formula is C22H24FN3O4S. The standard InChI is InChI=1S/C22H24FN3O4S/c1-4-30-22(27)21(25-31(28,29)19-12-10-18(23)11-13-19)20-15(2)24-26(16(20)3)14-17-8-6-5-7-9-17/h5-13,21,25H,4,14H2,1-3H3/t21-/m0/s1. The average molecular weight is 446 g/mol. The van der Waals surface area contributed by atoms with Crippen molar-refractivity contribution in [3.8, 4) is 0 Å². The molecule has 0 spiro atoms. The van der Waals surface area contributed by atoms with Gasteiger partial charge in [-0.05, 0) is 50.6 Å². The van der Waals surface area contributed by atoms with Gasteiger partial charge in [-0.3, -0.25) is 4.68 Å². The van der Waals surface area contributed by atoms with E-state index < -0.39 is 27.9 Å². The number of halogens is 1. The Bertz CT molecular complexity index is 1160. The van der Waals surface area contributed by atoms with Crippen molar-refractivity contribution < 1.29 is 22.3 Å². The van der Waals surface area contributed by atoms with E-state index in [0.29, 0.717) is 23.5 Å². The molecule has 0 unspecified atom stereocenters. The molecule has 0 radical (unpaired) electrons. The first-order valence-corrected chi connectivity index (χ1v) is 11.2. The van der Waals surface area contributed by atoms with Crippen LogP contribution in [0.2, 0.25) is 0 Å². The van der Waals surface area contributed by atoms with E-state index in [-0.39, 0.29) is 11.5 Å². The van der Waals surface area contributed by atoms with Crippen molar-refractivity contribution >= 4 is 16.0 Å². The Morgan fingerprint density at radius 3 is 2.39 bits per heavy atom. The number of nitrogens with one attached hydrogen (secondary N) is 1. The molecule has 0 aliphatic carbocycles. The molecule has 3 rings (SSSR count). The van der Waals surface area contributed by atoms with Crippen LogP contribution in [0.15, 0.2) is 59.5 Å². The molecule has 0 amide bonds. The van der Waals surface area contributed by atoms with Gasteiger partial charge in [0.1, 0.15) is 11.9 Å². The molecule has 3 aromatic rings. The minimum Gasteiger partial charge on any atom is -0.465 e. The van der Waals surface area contributed by atoms with Crippen LogP contribution in [0.1, 0.15) is 35.5 Å². The highest BCUT2D eigenvalue weighted by Gasteiger charge is 2.33. The molecule has 9 heteroatoms. The van der Waals surface area contributed by atoms with Gasteiger partial charge < -0.3 is 4.74 Å². The first-order valence-electron chi connectivity index (χ1n) is 9.75. The highest BCUT2D eigenvalue weighted by Crippen LogP contribution is 2.26. The van der Waals surface area contributed by atoms with Crippen molar-refractivity contribution in [2.45, 2.75) is 38.3 Å². The Hall–Kier alpha value is -3.04. The average Bonchev–Trinajstić information content (AvgIpc) is 3.00. The third-order valence-electron chi connectivity index (χ3n) is 4.82. The summed E-state index contributed by atoms with van der Waals surface area (Å²) in [5.41, 5.74) is 2.59. The second-order valence-electron chi connectivity index (χ2n) is 6.99. The lowest BCUT2D eigenvalue weighted by Gasteiger charge is -2.18. The van der Waals surface area contributed by atoms with Crippen LogP contribution in [0.4, 0.5) is 4.39 Å². The minimum absolute atomic E-state index is 0.0872. The molecule has 1 aromatic heterocycles. The van der Waals surface area contributed by atoms with E-state index in [0.717, 1.165) is 29.8 Å². The number of esters is 1. The SMILES string of the molecule is CCOC(=O)[C@@H](NS(=O)(=O)c1ccc(F)cc1)c1c(C)nn(Cc2ccccc2)c1C. The van der Waals surface area contributed by atoms with Crippen molar-refractivity contribution in [1.29, 1.82) is 0 Å². The Labute approximate surface area is 180 Å². The van der Waals surface area contributed by atoms with Gasteiger partial charge in [0.15, 0.2) is 0 Å². The molecule has 7 nitrogen and oxygen atoms in total. The molecular weight excluding hydrogens is 421 g/mol. The molecule has 1 atom stereocenters. The first-order chi connectivity index (χ1) is 14.7. The maximum Gasteiger partial charge on any atom is 0.328 e. The lowest BCUT2D eigenvalue weighted by atomic mass is 10.1. The van der Waals surface area contributed by atoms with Gasteiger partial charge in [0.25, 0.3) is 0 Å². The summed E-state index contributed by atoms with van der Waals surface area (Å²) in [4.78, 5) is 12.6. The summed E-state index contributed by atoms with van der Waals surface area (Å²) < 4.78 is 48.3. The second-order valence-corrected chi connectivity index (χ2v) is 8.70. The van der Waals surface area contributed by atoms with E-state index in [4.69, 9.17) is 4.74 Å². The van der Waals surface area contributed by atoms with E-state index in [1.54, 1.807) is 25.5 Å².